The van der Waals surface area contributed by atoms with Crippen molar-refractivity contribution in [3.63, 3.8) is 0 Å². The molecule has 0 heterocycles. The molecule has 0 radical (unpaired) electrons. The molecule has 6 atom stereocenters. The molecule has 0 saturated heterocycles. The van der Waals surface area contributed by atoms with Crippen LogP contribution in [0, 0.1) is 29.1 Å². The Morgan fingerprint density at radius 1 is 1.17 bits per heavy atom. The first-order valence-corrected chi connectivity index (χ1v) is 9.59. The van der Waals surface area contributed by atoms with E-state index in [2.05, 4.69) is 12.2 Å². The Labute approximate surface area is 139 Å². The molecule has 0 spiro atoms. The van der Waals surface area contributed by atoms with Gasteiger partial charge in [0, 0.05) is 18.4 Å². The molecule has 128 valence electrons. The number of rotatable bonds is 2. The third-order valence-corrected chi connectivity index (χ3v) is 8.09. The van der Waals surface area contributed by atoms with Gasteiger partial charge in [-0.3, -0.25) is 4.79 Å². The summed E-state index contributed by atoms with van der Waals surface area (Å²) in [5.41, 5.74) is 0.994. The van der Waals surface area contributed by atoms with Crippen molar-refractivity contribution in [2.24, 2.45) is 29.1 Å². The second-order valence-electron chi connectivity index (χ2n) is 8.86. The van der Waals surface area contributed by atoms with E-state index in [1.54, 1.807) is 0 Å². The predicted molar refractivity (Wildman–Crippen MR) is 91.0 cm³/mol. The number of fused-ring (bicyclic) bond motifs is 5. The highest BCUT2D eigenvalue weighted by atomic mass is 16.3. The van der Waals surface area contributed by atoms with Crippen LogP contribution < -0.4 is 5.32 Å². The van der Waals surface area contributed by atoms with Crippen LogP contribution in [-0.2, 0) is 4.79 Å². The lowest BCUT2D eigenvalue weighted by Gasteiger charge is -2.55. The van der Waals surface area contributed by atoms with E-state index >= 15 is 0 Å². The quantitative estimate of drug-likeness (QED) is 0.823. The molecule has 3 nitrogen and oxygen atoms in total. The normalized spacial score (nSPS) is 49.2. The molecule has 3 saturated carbocycles. The van der Waals surface area contributed by atoms with E-state index in [9.17, 15) is 9.90 Å². The number of hydrogen-bond donors (Lipinski definition) is 2. The molecular formula is C20H31NO2. The lowest BCUT2D eigenvalue weighted by molar-refractivity contribution is -0.120. The van der Waals surface area contributed by atoms with Crippen LogP contribution in [0.2, 0.25) is 0 Å². The molecule has 0 amide bonds. The third-order valence-electron chi connectivity index (χ3n) is 8.09. The zero-order valence-corrected chi connectivity index (χ0v) is 14.6. The Hall–Kier alpha value is -0.670. The third kappa shape index (κ3) is 2.19. The van der Waals surface area contributed by atoms with Gasteiger partial charge in [0.2, 0.25) is 0 Å². The van der Waals surface area contributed by atoms with E-state index in [1.165, 1.54) is 24.8 Å². The highest BCUT2D eigenvalue weighted by Crippen LogP contribution is 2.64. The lowest BCUT2D eigenvalue weighted by atomic mass is 9.50. The Kier molecular flexibility index (Phi) is 3.73. The highest BCUT2D eigenvalue weighted by molar-refractivity contribution is 5.91. The van der Waals surface area contributed by atoms with Crippen molar-refractivity contribution >= 4 is 5.78 Å². The molecule has 3 heteroatoms. The summed E-state index contributed by atoms with van der Waals surface area (Å²) < 4.78 is 0. The number of carbonyl (C=O) groups excluding carboxylic acids is 1. The highest BCUT2D eigenvalue weighted by Gasteiger charge is 2.61. The minimum absolute atomic E-state index is 0.0723. The topological polar surface area (TPSA) is 49.3 Å². The summed E-state index contributed by atoms with van der Waals surface area (Å²) in [6.07, 6.45) is 10.7. The first-order chi connectivity index (χ1) is 11.0. The molecule has 0 aliphatic heterocycles. The van der Waals surface area contributed by atoms with Crippen molar-refractivity contribution in [1.29, 1.82) is 0 Å². The Morgan fingerprint density at radius 3 is 2.78 bits per heavy atom. The van der Waals surface area contributed by atoms with Crippen LogP contribution in [0.5, 0.6) is 0 Å². The molecule has 4 aliphatic rings. The number of likely N-dealkylation sites (N-methyl/N-ethyl adjacent to an activating group) is 1. The Balaban J connectivity index is 1.61. The summed E-state index contributed by atoms with van der Waals surface area (Å²) in [4.78, 5) is 11.8. The van der Waals surface area contributed by atoms with Crippen molar-refractivity contribution in [2.45, 2.75) is 63.9 Å². The average molecular weight is 317 g/mol. The fraction of sp³-hybridized carbons (Fsp3) is 0.850. The molecule has 23 heavy (non-hydrogen) atoms. The first-order valence-electron chi connectivity index (χ1n) is 9.59. The first kappa shape index (κ1) is 15.8. The maximum atomic E-state index is 11.8. The van der Waals surface area contributed by atoms with Gasteiger partial charge < -0.3 is 10.4 Å². The van der Waals surface area contributed by atoms with E-state index < -0.39 is 5.60 Å². The summed E-state index contributed by atoms with van der Waals surface area (Å²) >= 11 is 0. The summed E-state index contributed by atoms with van der Waals surface area (Å²) in [6, 6.07) is 0. The molecule has 0 aromatic carbocycles. The smallest absolute Gasteiger partial charge is 0.155 e. The zero-order valence-electron chi connectivity index (χ0n) is 14.6. The van der Waals surface area contributed by atoms with Crippen molar-refractivity contribution in [3.05, 3.63) is 11.6 Å². The van der Waals surface area contributed by atoms with Crippen molar-refractivity contribution in [2.75, 3.05) is 13.6 Å². The molecule has 4 aliphatic carbocycles. The summed E-state index contributed by atoms with van der Waals surface area (Å²) in [7, 11) is 1.96. The Bertz CT molecular complexity index is 542. The minimum Gasteiger partial charge on any atom is -0.388 e. The number of carbonyl (C=O) groups is 1. The molecule has 3 fully saturated rings. The van der Waals surface area contributed by atoms with Gasteiger partial charge in [-0.25, -0.2) is 0 Å². The van der Waals surface area contributed by atoms with Gasteiger partial charge >= 0.3 is 0 Å². The van der Waals surface area contributed by atoms with Crippen LogP contribution in [-0.4, -0.2) is 30.1 Å². The van der Waals surface area contributed by atoms with Crippen molar-refractivity contribution < 1.29 is 9.90 Å². The zero-order chi connectivity index (χ0) is 16.2. The van der Waals surface area contributed by atoms with Crippen LogP contribution in [0.1, 0.15) is 58.3 Å². The van der Waals surface area contributed by atoms with E-state index in [1.807, 2.05) is 13.1 Å². The van der Waals surface area contributed by atoms with E-state index in [-0.39, 0.29) is 5.41 Å². The van der Waals surface area contributed by atoms with Gasteiger partial charge in [0.1, 0.15) is 0 Å². The molecule has 0 bridgehead atoms. The van der Waals surface area contributed by atoms with Crippen molar-refractivity contribution in [1.82, 2.24) is 5.32 Å². The maximum Gasteiger partial charge on any atom is 0.155 e. The average Bonchev–Trinajstić information content (AvgIpc) is 2.79. The molecule has 0 unspecified atom stereocenters. The van der Waals surface area contributed by atoms with E-state index in [0.29, 0.717) is 17.6 Å². The molecule has 0 aromatic heterocycles. The summed E-state index contributed by atoms with van der Waals surface area (Å²) in [5, 5.41) is 14.5. The lowest BCUT2D eigenvalue weighted by Crippen LogP contribution is -2.56. The monoisotopic (exact) mass is 317 g/mol. The van der Waals surface area contributed by atoms with Crippen LogP contribution in [0.25, 0.3) is 0 Å². The fourth-order valence-electron chi connectivity index (χ4n) is 6.87. The van der Waals surface area contributed by atoms with Gasteiger partial charge in [0.15, 0.2) is 5.78 Å². The van der Waals surface area contributed by atoms with Gasteiger partial charge in [-0.15, -0.1) is 0 Å². The van der Waals surface area contributed by atoms with E-state index in [0.717, 1.165) is 50.5 Å². The van der Waals surface area contributed by atoms with Crippen LogP contribution in [0.15, 0.2) is 11.6 Å². The van der Waals surface area contributed by atoms with Crippen LogP contribution in [0.3, 0.4) is 0 Å². The summed E-state index contributed by atoms with van der Waals surface area (Å²) in [5.74, 6) is 3.19. The number of nitrogens with one attached hydrogen (secondary N) is 1. The largest absolute Gasteiger partial charge is 0.388 e. The molecule has 2 N–H and O–H groups in total. The minimum atomic E-state index is -0.532. The Morgan fingerprint density at radius 2 is 2.00 bits per heavy atom. The maximum absolute atomic E-state index is 11.8. The number of allylic oxidation sites excluding steroid dienone is 1. The van der Waals surface area contributed by atoms with Gasteiger partial charge in [0.05, 0.1) is 5.60 Å². The SMILES string of the molecule is CNC[C@]1(O)CC[C@H]2[C@@H]3CCC4=CC(=O)CC[C@@H]4[C@H]3CC[C@@]21C. The summed E-state index contributed by atoms with van der Waals surface area (Å²) in [6.45, 7) is 3.08. The number of aliphatic hydroxyl groups is 1. The van der Waals surface area contributed by atoms with Gasteiger partial charge in [-0.1, -0.05) is 12.5 Å². The van der Waals surface area contributed by atoms with Crippen LogP contribution >= 0.6 is 0 Å². The van der Waals surface area contributed by atoms with Gasteiger partial charge in [-0.05, 0) is 81.7 Å². The van der Waals surface area contributed by atoms with Crippen molar-refractivity contribution in [3.8, 4) is 0 Å². The second-order valence-corrected chi connectivity index (χ2v) is 8.86. The number of ketones is 1. The molecule has 4 rings (SSSR count). The standard InChI is InChI=1S/C20H31NO2/c1-19-9-7-16-15-6-4-14(22)11-13(15)3-5-17(16)18(19)8-10-20(19,23)12-21-2/h11,15-18,21,23H,3-10,12H2,1-2H3/t15-,16+,17+,18-,19-,20+/m0/s1. The predicted octanol–water partition coefficient (Wildman–Crippen LogP) is 3.08. The van der Waals surface area contributed by atoms with E-state index in [4.69, 9.17) is 0 Å². The van der Waals surface area contributed by atoms with Gasteiger partial charge in [-0.2, -0.15) is 0 Å². The molecular weight excluding hydrogens is 286 g/mol. The number of hydrogen-bond acceptors (Lipinski definition) is 3. The fourth-order valence-corrected chi connectivity index (χ4v) is 6.87. The second kappa shape index (κ2) is 5.42. The molecule has 0 aromatic rings. The van der Waals surface area contributed by atoms with Gasteiger partial charge in [0.25, 0.3) is 0 Å². The van der Waals surface area contributed by atoms with Crippen LogP contribution in [0.4, 0.5) is 0 Å².